The van der Waals surface area contributed by atoms with Crippen LogP contribution in [0.1, 0.15) is 79.9 Å². The number of imide groups is 1. The molecule has 228 valence electrons. The average molecular weight is 610 g/mol. The molecule has 2 atom stereocenters. The fraction of sp³-hybridized carbons (Fsp3) is 0.419. The Balaban J connectivity index is 1.42. The normalized spacial score (nSPS) is 16.0. The van der Waals surface area contributed by atoms with E-state index in [1.807, 2.05) is 25.1 Å². The summed E-state index contributed by atoms with van der Waals surface area (Å²) < 4.78 is 20.7. The molecule has 0 bridgehead atoms. The summed E-state index contributed by atoms with van der Waals surface area (Å²) in [4.78, 5) is 51.7. The first-order valence-corrected chi connectivity index (χ1v) is 14.6. The molecule has 1 aliphatic heterocycles. The van der Waals surface area contributed by atoms with E-state index in [1.54, 1.807) is 43.8 Å². The predicted molar refractivity (Wildman–Crippen MR) is 164 cm³/mol. The summed E-state index contributed by atoms with van der Waals surface area (Å²) in [6.45, 7) is 5.70. The molecule has 3 aromatic rings. The van der Waals surface area contributed by atoms with Crippen LogP contribution in [0.4, 0.5) is 10.1 Å². The zero-order valence-corrected chi connectivity index (χ0v) is 25.7. The van der Waals surface area contributed by atoms with Crippen LogP contribution in [-0.2, 0) is 14.4 Å². The number of thiocarbonyl (C=S) groups is 1. The van der Waals surface area contributed by atoms with Crippen LogP contribution in [0.25, 0.3) is 11.0 Å². The smallest absolute Gasteiger partial charge is 0.254 e. The van der Waals surface area contributed by atoms with Gasteiger partial charge in [0.2, 0.25) is 11.8 Å². The Hall–Kier alpha value is -4.19. The molecular weight excluding hydrogens is 573 g/mol. The minimum absolute atomic E-state index is 0.0762. The second-order valence-electron chi connectivity index (χ2n) is 11.4. The van der Waals surface area contributed by atoms with Crippen molar-refractivity contribution in [1.29, 1.82) is 0 Å². The molecule has 2 heterocycles. The lowest BCUT2D eigenvalue weighted by atomic mass is 9.90. The summed E-state index contributed by atoms with van der Waals surface area (Å²) >= 11 is 5.48. The van der Waals surface area contributed by atoms with Crippen molar-refractivity contribution in [3.8, 4) is 0 Å². The zero-order valence-electron chi connectivity index (χ0n) is 24.9. The highest BCUT2D eigenvalue weighted by molar-refractivity contribution is 7.80. The van der Waals surface area contributed by atoms with Crippen molar-refractivity contribution in [2.75, 3.05) is 25.5 Å². The van der Waals surface area contributed by atoms with Gasteiger partial charge in [-0.2, -0.15) is 0 Å². The largest absolute Gasteiger partial charge is 0.356 e. The summed E-state index contributed by atoms with van der Waals surface area (Å²) in [6, 6.07) is 9.88. The maximum absolute atomic E-state index is 15.2. The number of rotatable bonds is 10. The molecule has 0 aliphatic carbocycles. The number of anilines is 1. The van der Waals surface area contributed by atoms with E-state index >= 15 is 4.39 Å². The Kier molecular flexibility index (Phi) is 9.59. The third-order valence-corrected chi connectivity index (χ3v) is 8.28. The number of halogens is 1. The van der Waals surface area contributed by atoms with Crippen LogP contribution in [0, 0.1) is 5.82 Å². The van der Waals surface area contributed by atoms with E-state index in [9.17, 15) is 19.2 Å². The number of aldehydes is 1. The van der Waals surface area contributed by atoms with E-state index in [0.29, 0.717) is 41.5 Å². The fourth-order valence-corrected chi connectivity index (χ4v) is 5.61. The Morgan fingerprint density at radius 1 is 1.26 bits per heavy atom. The number of nitrogens with zero attached hydrogens (tertiary/aromatic N) is 3. The predicted octanol–water partition coefficient (Wildman–Crippen LogP) is 4.43. The average Bonchev–Trinajstić information content (AvgIpc) is 3.38. The van der Waals surface area contributed by atoms with E-state index in [2.05, 4.69) is 15.8 Å². The first-order valence-electron chi connectivity index (χ1n) is 14.2. The minimum atomic E-state index is -1.03. The number of hydrogen-bond acceptors (Lipinski definition) is 7. The molecule has 0 radical (unpaired) electrons. The molecular formula is C31H36FN5O5S. The lowest BCUT2D eigenvalue weighted by Gasteiger charge is -2.38. The van der Waals surface area contributed by atoms with Gasteiger partial charge in [0.25, 0.3) is 5.91 Å². The molecule has 4 rings (SSSR count). The van der Waals surface area contributed by atoms with Gasteiger partial charge in [-0.05, 0) is 87.1 Å². The SMILES string of the molecule is CCC(CCNC(=O)c1ccc(N(C(=S)N(C)C)C(C)(C)C=O)cc1F)c1ccc2c(C3CCC(=O)NC3=O)noc2c1. The van der Waals surface area contributed by atoms with E-state index in [1.165, 1.54) is 12.1 Å². The Morgan fingerprint density at radius 2 is 2.00 bits per heavy atom. The van der Waals surface area contributed by atoms with Gasteiger partial charge in [0.1, 0.15) is 17.8 Å². The van der Waals surface area contributed by atoms with Crippen LogP contribution in [0.15, 0.2) is 40.9 Å². The van der Waals surface area contributed by atoms with Gasteiger partial charge in [-0.1, -0.05) is 18.1 Å². The van der Waals surface area contributed by atoms with E-state index in [0.717, 1.165) is 23.7 Å². The van der Waals surface area contributed by atoms with Gasteiger partial charge < -0.3 is 24.4 Å². The monoisotopic (exact) mass is 609 g/mol. The Bertz CT molecular complexity index is 1570. The maximum atomic E-state index is 15.2. The van der Waals surface area contributed by atoms with Gasteiger partial charge in [0.05, 0.1) is 17.0 Å². The van der Waals surface area contributed by atoms with Gasteiger partial charge in [0.15, 0.2) is 10.7 Å². The summed E-state index contributed by atoms with van der Waals surface area (Å²) in [7, 11) is 3.47. The van der Waals surface area contributed by atoms with Gasteiger partial charge in [0, 0.05) is 38.1 Å². The lowest BCUT2D eigenvalue weighted by molar-refractivity contribution is -0.134. The van der Waals surface area contributed by atoms with Gasteiger partial charge >= 0.3 is 0 Å². The van der Waals surface area contributed by atoms with Gasteiger partial charge in [-0.15, -0.1) is 0 Å². The zero-order chi connectivity index (χ0) is 31.5. The van der Waals surface area contributed by atoms with Crippen molar-refractivity contribution >= 4 is 58.0 Å². The maximum Gasteiger partial charge on any atom is 0.254 e. The topological polar surface area (TPSA) is 125 Å². The van der Waals surface area contributed by atoms with E-state index in [-0.39, 0.29) is 29.7 Å². The van der Waals surface area contributed by atoms with Crippen LogP contribution in [-0.4, -0.2) is 65.4 Å². The summed E-state index contributed by atoms with van der Waals surface area (Å²) in [5.41, 5.74) is 1.26. The van der Waals surface area contributed by atoms with Crippen LogP contribution in [0.3, 0.4) is 0 Å². The summed E-state index contributed by atoms with van der Waals surface area (Å²) in [5.74, 6) is -2.40. The molecule has 1 aliphatic rings. The number of carbonyl (C=O) groups is 4. The molecule has 0 saturated carbocycles. The molecule has 0 spiro atoms. The molecule has 3 amide bonds. The van der Waals surface area contributed by atoms with Crippen molar-refractivity contribution in [1.82, 2.24) is 20.7 Å². The van der Waals surface area contributed by atoms with E-state index < -0.39 is 23.2 Å². The van der Waals surface area contributed by atoms with Crippen molar-refractivity contribution in [3.63, 3.8) is 0 Å². The first-order chi connectivity index (χ1) is 20.4. The second-order valence-corrected chi connectivity index (χ2v) is 11.8. The fourth-order valence-electron chi connectivity index (χ4n) is 5.26. The molecule has 12 heteroatoms. The van der Waals surface area contributed by atoms with Gasteiger partial charge in [-0.3, -0.25) is 19.7 Å². The molecule has 43 heavy (non-hydrogen) atoms. The number of hydrogen-bond donors (Lipinski definition) is 2. The minimum Gasteiger partial charge on any atom is -0.356 e. The van der Waals surface area contributed by atoms with Crippen molar-refractivity contribution < 1.29 is 28.1 Å². The second kappa shape index (κ2) is 13.0. The molecule has 1 fully saturated rings. The van der Waals surface area contributed by atoms with Crippen LogP contribution in [0.5, 0.6) is 0 Å². The quantitative estimate of drug-likeness (QED) is 0.195. The highest BCUT2D eigenvalue weighted by Gasteiger charge is 2.33. The van der Waals surface area contributed by atoms with Crippen molar-refractivity contribution in [3.05, 3.63) is 59.0 Å². The number of amides is 3. The lowest BCUT2D eigenvalue weighted by Crippen LogP contribution is -2.53. The number of aromatic nitrogens is 1. The molecule has 2 aromatic carbocycles. The van der Waals surface area contributed by atoms with Crippen LogP contribution < -0.4 is 15.5 Å². The highest BCUT2D eigenvalue weighted by atomic mass is 32.1. The van der Waals surface area contributed by atoms with Crippen molar-refractivity contribution in [2.45, 2.75) is 63.8 Å². The van der Waals surface area contributed by atoms with Crippen molar-refractivity contribution in [2.24, 2.45) is 0 Å². The van der Waals surface area contributed by atoms with Crippen LogP contribution >= 0.6 is 12.2 Å². The number of piperidine rings is 1. The third kappa shape index (κ3) is 6.74. The summed E-state index contributed by atoms with van der Waals surface area (Å²) in [5, 5.41) is 10.3. The summed E-state index contributed by atoms with van der Waals surface area (Å²) in [6.07, 6.45) is 2.75. The molecule has 10 nitrogen and oxygen atoms in total. The Labute approximate surface area is 254 Å². The number of nitrogens with one attached hydrogen (secondary N) is 2. The number of carbonyl (C=O) groups excluding carboxylic acids is 4. The molecule has 2 unspecified atom stereocenters. The third-order valence-electron chi connectivity index (χ3n) is 7.73. The number of benzene rings is 2. The van der Waals surface area contributed by atoms with Crippen LogP contribution in [0.2, 0.25) is 0 Å². The molecule has 1 saturated heterocycles. The highest BCUT2D eigenvalue weighted by Crippen LogP contribution is 2.33. The van der Waals surface area contributed by atoms with E-state index in [4.69, 9.17) is 16.7 Å². The molecule has 1 aromatic heterocycles. The van der Waals surface area contributed by atoms with Gasteiger partial charge in [-0.25, -0.2) is 4.39 Å². The Morgan fingerprint density at radius 3 is 2.63 bits per heavy atom. The standard InChI is InChI=1S/C31H36FN5O5S/c1-6-18(19-7-9-22-25(15-19)42-35-27(22)23-11-12-26(39)34-29(23)41)13-14-33-28(40)21-10-8-20(16-24(21)32)37(30(43)36(4)5)31(2,3)17-38/h7-10,15-18,23H,6,11-14H2,1-5H3,(H,33,40)(H,34,39,41). The number of fused-ring (bicyclic) bond motifs is 1. The molecule has 2 N–H and O–H groups in total. The first kappa shape index (κ1) is 31.7.